The lowest BCUT2D eigenvalue weighted by atomic mass is 9.99. The van der Waals surface area contributed by atoms with Crippen molar-refractivity contribution in [3.63, 3.8) is 0 Å². The monoisotopic (exact) mass is 469 g/mol. The van der Waals surface area contributed by atoms with Crippen molar-refractivity contribution < 1.29 is 14.3 Å². The van der Waals surface area contributed by atoms with Crippen LogP contribution in [0.25, 0.3) is 22.2 Å². The fraction of sp³-hybridized carbons (Fsp3) is 0.296. The minimum atomic E-state index is -0.0432. The molecule has 1 saturated heterocycles. The first-order chi connectivity index (χ1) is 17.2. The van der Waals surface area contributed by atoms with Crippen LogP contribution < -0.4 is 15.4 Å². The van der Waals surface area contributed by atoms with E-state index in [4.69, 9.17) is 9.47 Å². The lowest BCUT2D eigenvalue weighted by Gasteiger charge is -2.21. The van der Waals surface area contributed by atoms with Gasteiger partial charge in [0.1, 0.15) is 23.0 Å². The molecule has 178 valence electrons. The topological polar surface area (TPSA) is 101 Å². The van der Waals surface area contributed by atoms with Crippen LogP contribution in [0.5, 0.6) is 11.5 Å². The molecule has 0 saturated carbocycles. The molecule has 5 heterocycles. The van der Waals surface area contributed by atoms with Gasteiger partial charge in [-0.1, -0.05) is 6.07 Å². The number of aromatic amines is 1. The van der Waals surface area contributed by atoms with E-state index in [2.05, 4.69) is 37.7 Å². The summed E-state index contributed by atoms with van der Waals surface area (Å²) in [5.74, 6) is 2.00. The number of hydrogen-bond acceptors (Lipinski definition) is 6. The molecular formula is C27H27N5O3. The average molecular weight is 470 g/mol. The number of rotatable bonds is 5. The van der Waals surface area contributed by atoms with Crippen LogP contribution in [-0.4, -0.2) is 40.6 Å². The summed E-state index contributed by atoms with van der Waals surface area (Å²) in [4.78, 5) is 24.8. The molecule has 8 heteroatoms. The van der Waals surface area contributed by atoms with Gasteiger partial charge in [-0.25, -0.2) is 9.97 Å². The third kappa shape index (κ3) is 4.50. The lowest BCUT2D eigenvalue weighted by molar-refractivity contribution is -0.122. The van der Waals surface area contributed by atoms with Crippen LogP contribution in [0.2, 0.25) is 0 Å². The minimum Gasteiger partial charge on any atom is -0.457 e. The number of hydrogen-bond donors (Lipinski definition) is 3. The highest BCUT2D eigenvalue weighted by molar-refractivity contribution is 5.99. The summed E-state index contributed by atoms with van der Waals surface area (Å²) in [5.41, 5.74) is 5.23. The van der Waals surface area contributed by atoms with Gasteiger partial charge in [0, 0.05) is 49.8 Å². The maximum atomic E-state index is 12.7. The van der Waals surface area contributed by atoms with Gasteiger partial charge in [-0.2, -0.15) is 0 Å². The van der Waals surface area contributed by atoms with Gasteiger partial charge in [0.05, 0.1) is 5.39 Å². The highest BCUT2D eigenvalue weighted by Crippen LogP contribution is 2.37. The Kier molecular flexibility index (Phi) is 5.89. The number of ether oxygens (including phenoxy) is 2. The number of pyridine rings is 2. The molecule has 2 aliphatic rings. The zero-order valence-corrected chi connectivity index (χ0v) is 19.3. The van der Waals surface area contributed by atoms with E-state index in [1.807, 2.05) is 30.5 Å². The number of nitrogens with one attached hydrogen (secondary N) is 3. The first-order valence-electron chi connectivity index (χ1n) is 12.1. The molecule has 0 aliphatic carbocycles. The Hall–Kier alpha value is -3.75. The molecule has 8 nitrogen and oxygen atoms in total. The van der Waals surface area contributed by atoms with Crippen LogP contribution in [0.15, 0.2) is 55.0 Å². The molecule has 0 bridgehead atoms. The van der Waals surface area contributed by atoms with E-state index in [0.29, 0.717) is 19.0 Å². The SMILES string of the molecule is O=C(Nc1cc(-c2c[nH]c3nccc(Oc4ccc5c(c4)CNCC5)c23)ccn1)C1CCOCC1. The van der Waals surface area contributed by atoms with Gasteiger partial charge in [-0.3, -0.25) is 4.79 Å². The van der Waals surface area contributed by atoms with Crippen molar-refractivity contribution in [1.29, 1.82) is 0 Å². The Bertz CT molecular complexity index is 1380. The molecule has 1 fully saturated rings. The summed E-state index contributed by atoms with van der Waals surface area (Å²) < 4.78 is 11.7. The number of H-pyrrole nitrogens is 1. The van der Waals surface area contributed by atoms with E-state index >= 15 is 0 Å². The molecule has 1 amide bonds. The van der Waals surface area contributed by atoms with Gasteiger partial charge in [0.25, 0.3) is 0 Å². The van der Waals surface area contributed by atoms with Gasteiger partial charge in [-0.15, -0.1) is 0 Å². The molecule has 3 N–H and O–H groups in total. The quantitative estimate of drug-likeness (QED) is 0.400. The number of benzene rings is 1. The van der Waals surface area contributed by atoms with E-state index < -0.39 is 0 Å². The number of fused-ring (bicyclic) bond motifs is 2. The first kappa shape index (κ1) is 21.8. The molecule has 4 aromatic rings. The van der Waals surface area contributed by atoms with E-state index in [1.54, 1.807) is 12.4 Å². The molecule has 0 atom stereocenters. The molecular weight excluding hydrogens is 442 g/mol. The van der Waals surface area contributed by atoms with Crippen molar-refractivity contribution in [3.05, 3.63) is 66.1 Å². The van der Waals surface area contributed by atoms with Crippen LogP contribution >= 0.6 is 0 Å². The highest BCUT2D eigenvalue weighted by Gasteiger charge is 2.22. The molecule has 0 unspecified atom stereocenters. The fourth-order valence-corrected chi connectivity index (χ4v) is 4.84. The van der Waals surface area contributed by atoms with E-state index in [-0.39, 0.29) is 11.8 Å². The van der Waals surface area contributed by atoms with Gasteiger partial charge >= 0.3 is 0 Å². The average Bonchev–Trinajstić information content (AvgIpc) is 3.35. The van der Waals surface area contributed by atoms with Crippen molar-refractivity contribution in [2.45, 2.75) is 25.8 Å². The molecule has 0 radical (unpaired) electrons. The van der Waals surface area contributed by atoms with Crippen molar-refractivity contribution in [1.82, 2.24) is 20.3 Å². The second kappa shape index (κ2) is 9.48. The van der Waals surface area contributed by atoms with E-state index in [9.17, 15) is 4.79 Å². The van der Waals surface area contributed by atoms with E-state index in [1.165, 1.54) is 11.1 Å². The van der Waals surface area contributed by atoms with Crippen LogP contribution in [0, 0.1) is 5.92 Å². The number of carbonyl (C=O) groups excluding carboxylic acids is 1. The second-order valence-electron chi connectivity index (χ2n) is 9.00. The van der Waals surface area contributed by atoms with Crippen LogP contribution in [0.1, 0.15) is 24.0 Å². The van der Waals surface area contributed by atoms with Crippen molar-refractivity contribution in [3.8, 4) is 22.6 Å². The fourth-order valence-electron chi connectivity index (χ4n) is 4.84. The number of aromatic nitrogens is 3. The Morgan fingerprint density at radius 3 is 2.86 bits per heavy atom. The molecule has 35 heavy (non-hydrogen) atoms. The van der Waals surface area contributed by atoms with Crippen LogP contribution in [0.3, 0.4) is 0 Å². The molecule has 6 rings (SSSR count). The Morgan fingerprint density at radius 1 is 1.06 bits per heavy atom. The van der Waals surface area contributed by atoms with E-state index in [0.717, 1.165) is 66.0 Å². The zero-order valence-electron chi connectivity index (χ0n) is 19.3. The van der Waals surface area contributed by atoms with Crippen molar-refractivity contribution >= 4 is 22.8 Å². The summed E-state index contributed by atoms with van der Waals surface area (Å²) in [7, 11) is 0. The predicted molar refractivity (Wildman–Crippen MR) is 133 cm³/mol. The summed E-state index contributed by atoms with van der Waals surface area (Å²) >= 11 is 0. The van der Waals surface area contributed by atoms with Gasteiger partial charge < -0.3 is 25.1 Å². The second-order valence-corrected chi connectivity index (χ2v) is 9.00. The van der Waals surface area contributed by atoms with Crippen LogP contribution in [0.4, 0.5) is 5.82 Å². The zero-order chi connectivity index (χ0) is 23.6. The Balaban J connectivity index is 1.30. The maximum absolute atomic E-state index is 12.7. The third-order valence-electron chi connectivity index (χ3n) is 6.74. The summed E-state index contributed by atoms with van der Waals surface area (Å²) in [6.07, 6.45) is 7.87. The first-order valence-corrected chi connectivity index (χ1v) is 12.1. The predicted octanol–water partition coefficient (Wildman–Crippen LogP) is 4.43. The molecule has 0 spiro atoms. The Morgan fingerprint density at radius 2 is 1.94 bits per heavy atom. The molecule has 3 aromatic heterocycles. The molecule has 2 aliphatic heterocycles. The number of anilines is 1. The van der Waals surface area contributed by atoms with Crippen LogP contribution in [-0.2, 0) is 22.5 Å². The minimum absolute atomic E-state index is 0.00975. The van der Waals surface area contributed by atoms with Gasteiger partial charge in [0.15, 0.2) is 0 Å². The van der Waals surface area contributed by atoms with Gasteiger partial charge in [0.2, 0.25) is 5.91 Å². The normalized spacial score (nSPS) is 16.1. The smallest absolute Gasteiger partial charge is 0.228 e. The maximum Gasteiger partial charge on any atom is 0.228 e. The number of carbonyl (C=O) groups is 1. The largest absolute Gasteiger partial charge is 0.457 e. The molecule has 1 aromatic carbocycles. The standard InChI is InChI=1S/C27H27N5O3/c33-27(18-6-11-34-12-7-18)32-24-14-19(4-9-29-24)22-16-31-26-25(22)23(5-10-30-26)35-21-2-1-17-3-8-28-15-20(17)13-21/h1-2,4-5,9-10,13-14,16,18,28H,3,6-8,11-12,15H2,(H,30,31)(H,29,32,33). The van der Waals surface area contributed by atoms with Crippen molar-refractivity contribution in [2.75, 3.05) is 25.1 Å². The lowest BCUT2D eigenvalue weighted by Crippen LogP contribution is -2.28. The Labute approximate surface area is 203 Å². The highest BCUT2D eigenvalue weighted by atomic mass is 16.5. The summed E-state index contributed by atoms with van der Waals surface area (Å²) in [6, 6.07) is 12.0. The van der Waals surface area contributed by atoms with Gasteiger partial charge in [-0.05, 0) is 72.8 Å². The number of nitrogens with zero attached hydrogens (tertiary/aromatic N) is 2. The number of amides is 1. The summed E-state index contributed by atoms with van der Waals surface area (Å²) in [6.45, 7) is 3.11. The summed E-state index contributed by atoms with van der Waals surface area (Å²) in [5, 5.41) is 7.28. The van der Waals surface area contributed by atoms with Crippen molar-refractivity contribution in [2.24, 2.45) is 5.92 Å². The third-order valence-corrected chi connectivity index (χ3v) is 6.74.